The molecule has 32 heavy (non-hydrogen) atoms. The first-order valence-electron chi connectivity index (χ1n) is 11.4. The van der Waals surface area contributed by atoms with Gasteiger partial charge in [-0.3, -0.25) is 9.59 Å². The summed E-state index contributed by atoms with van der Waals surface area (Å²) in [6.45, 7) is 22.2. The van der Waals surface area contributed by atoms with Crippen LogP contribution in [0.25, 0.3) is 0 Å². The van der Waals surface area contributed by atoms with Crippen LogP contribution in [-0.4, -0.2) is 26.2 Å². The van der Waals surface area contributed by atoms with Crippen LogP contribution >= 0.6 is 0 Å². The van der Waals surface area contributed by atoms with Gasteiger partial charge in [0.05, 0.1) is 26.1 Å². The van der Waals surface area contributed by atoms with Crippen LogP contribution in [-0.2, 0) is 19.1 Å². The minimum Gasteiger partial charge on any atom is -0.469 e. The van der Waals surface area contributed by atoms with Gasteiger partial charge >= 0.3 is 11.9 Å². The number of allylic oxidation sites excluding steroid dienone is 6. The Labute approximate surface area is 196 Å². The zero-order valence-corrected chi connectivity index (χ0v) is 21.9. The highest BCUT2D eigenvalue weighted by Crippen LogP contribution is 2.47. The van der Waals surface area contributed by atoms with Gasteiger partial charge in [0.1, 0.15) is 0 Å². The number of ether oxygens (including phenoxy) is 2. The summed E-state index contributed by atoms with van der Waals surface area (Å²) in [4.78, 5) is 25.9. The largest absolute Gasteiger partial charge is 0.469 e. The van der Waals surface area contributed by atoms with Crippen molar-refractivity contribution in [1.82, 2.24) is 0 Å². The fraction of sp³-hybridized carbons (Fsp3) is 0.643. The van der Waals surface area contributed by atoms with Gasteiger partial charge in [0.15, 0.2) is 0 Å². The van der Waals surface area contributed by atoms with Crippen LogP contribution in [0, 0.1) is 34.0 Å². The molecule has 0 saturated heterocycles. The van der Waals surface area contributed by atoms with Gasteiger partial charge in [-0.15, -0.1) is 0 Å². The quantitative estimate of drug-likeness (QED) is 0.214. The average molecular weight is 447 g/mol. The molecule has 0 bridgehead atoms. The third kappa shape index (κ3) is 9.58. The van der Waals surface area contributed by atoms with Crippen molar-refractivity contribution in [2.45, 2.75) is 67.7 Å². The van der Waals surface area contributed by atoms with E-state index in [1.165, 1.54) is 14.2 Å². The molecule has 0 heterocycles. The van der Waals surface area contributed by atoms with Crippen molar-refractivity contribution in [1.29, 1.82) is 0 Å². The predicted octanol–water partition coefficient (Wildman–Crippen LogP) is 6.93. The molecular formula is C28H46O4. The van der Waals surface area contributed by atoms with Gasteiger partial charge in [-0.1, -0.05) is 98.1 Å². The number of esters is 2. The van der Waals surface area contributed by atoms with E-state index in [1.54, 1.807) is 12.2 Å². The van der Waals surface area contributed by atoms with Gasteiger partial charge in [0.25, 0.3) is 0 Å². The Kier molecular flexibility index (Phi) is 12.0. The number of rotatable bonds is 14. The number of carbonyl (C=O) groups is 2. The molecule has 182 valence electrons. The molecule has 0 aromatic heterocycles. The first-order chi connectivity index (χ1) is 14.7. The van der Waals surface area contributed by atoms with E-state index >= 15 is 0 Å². The van der Waals surface area contributed by atoms with Crippen molar-refractivity contribution in [3.05, 3.63) is 49.6 Å². The molecule has 4 heteroatoms. The van der Waals surface area contributed by atoms with E-state index < -0.39 is 17.3 Å². The van der Waals surface area contributed by atoms with Crippen LogP contribution in [0.15, 0.2) is 49.6 Å². The summed E-state index contributed by atoms with van der Waals surface area (Å²) in [6.07, 6.45) is 13.4. The summed E-state index contributed by atoms with van der Waals surface area (Å²) in [5.74, 6) is -1.22. The molecule has 0 fully saturated rings. The Bertz CT molecular complexity index is 694. The van der Waals surface area contributed by atoms with E-state index in [0.29, 0.717) is 6.42 Å². The highest BCUT2D eigenvalue weighted by molar-refractivity contribution is 5.77. The lowest BCUT2D eigenvalue weighted by Gasteiger charge is -2.42. The number of carbonyl (C=O) groups excluding carboxylic acids is 2. The fourth-order valence-corrected chi connectivity index (χ4v) is 4.98. The molecule has 3 atom stereocenters. The van der Waals surface area contributed by atoms with E-state index in [2.05, 4.69) is 73.8 Å². The van der Waals surface area contributed by atoms with Crippen molar-refractivity contribution in [2.24, 2.45) is 34.0 Å². The zero-order valence-electron chi connectivity index (χ0n) is 21.9. The van der Waals surface area contributed by atoms with E-state index in [-0.39, 0.29) is 28.7 Å². The molecule has 0 aliphatic heterocycles. The van der Waals surface area contributed by atoms with Crippen LogP contribution in [0.1, 0.15) is 67.7 Å². The van der Waals surface area contributed by atoms with Gasteiger partial charge in [0.2, 0.25) is 0 Å². The number of hydrogen-bond acceptors (Lipinski definition) is 4. The summed E-state index contributed by atoms with van der Waals surface area (Å²) in [7, 11) is 2.82. The Morgan fingerprint density at radius 3 is 1.75 bits per heavy atom. The standard InChI is InChI=1S/C28H46O4/c1-12-14-16-21(3)19-27(6,7)22(24(29)31-10)18-23(25(30)32-11)28(8,9)20-26(4,5)17-15-13-2/h12-17,21-23H,1-2,18-20H2,3-11H3/b16-14+,17-15+. The van der Waals surface area contributed by atoms with Crippen LogP contribution in [0.3, 0.4) is 0 Å². The molecule has 4 nitrogen and oxygen atoms in total. The Morgan fingerprint density at radius 2 is 1.31 bits per heavy atom. The van der Waals surface area contributed by atoms with Crippen LogP contribution in [0.5, 0.6) is 0 Å². The Morgan fingerprint density at radius 1 is 0.844 bits per heavy atom. The first-order valence-corrected chi connectivity index (χ1v) is 11.4. The minimum absolute atomic E-state index is 0.149. The lowest BCUT2D eigenvalue weighted by atomic mass is 9.62. The molecule has 0 saturated carbocycles. The molecule has 0 rings (SSSR count). The fourth-order valence-electron chi connectivity index (χ4n) is 4.98. The average Bonchev–Trinajstić information content (AvgIpc) is 2.68. The van der Waals surface area contributed by atoms with Gasteiger partial charge in [0, 0.05) is 0 Å². The Balaban J connectivity index is 6.08. The number of methoxy groups -OCH3 is 2. The van der Waals surface area contributed by atoms with Crippen molar-refractivity contribution < 1.29 is 19.1 Å². The van der Waals surface area contributed by atoms with Crippen LogP contribution in [0.4, 0.5) is 0 Å². The summed E-state index contributed by atoms with van der Waals surface area (Å²) in [5.41, 5.74) is -0.929. The van der Waals surface area contributed by atoms with E-state index in [1.807, 2.05) is 12.2 Å². The molecule has 0 radical (unpaired) electrons. The topological polar surface area (TPSA) is 52.6 Å². The molecule has 0 amide bonds. The number of hydrogen-bond donors (Lipinski definition) is 0. The van der Waals surface area contributed by atoms with Crippen LogP contribution in [0.2, 0.25) is 0 Å². The SMILES string of the molecule is C=C/C=C/C(C)CC(C)(C)C(CC(C(=O)OC)C(C)(C)CC(C)(C)/C=C/C=C)C(=O)OC. The van der Waals surface area contributed by atoms with Gasteiger partial charge in [-0.2, -0.15) is 0 Å². The van der Waals surface area contributed by atoms with Crippen molar-refractivity contribution in [3.8, 4) is 0 Å². The summed E-state index contributed by atoms with van der Waals surface area (Å²) < 4.78 is 10.4. The summed E-state index contributed by atoms with van der Waals surface area (Å²) in [5, 5.41) is 0. The lowest BCUT2D eigenvalue weighted by molar-refractivity contribution is -0.157. The highest BCUT2D eigenvalue weighted by atomic mass is 16.5. The molecule has 0 aromatic rings. The molecule has 0 aliphatic rings. The van der Waals surface area contributed by atoms with Crippen molar-refractivity contribution >= 4 is 11.9 Å². The molecule has 0 N–H and O–H groups in total. The molecule has 0 spiro atoms. The molecule has 0 aromatic carbocycles. The van der Waals surface area contributed by atoms with Gasteiger partial charge in [-0.25, -0.2) is 0 Å². The molecule has 3 unspecified atom stereocenters. The van der Waals surface area contributed by atoms with E-state index in [0.717, 1.165) is 12.8 Å². The predicted molar refractivity (Wildman–Crippen MR) is 134 cm³/mol. The second-order valence-corrected chi connectivity index (χ2v) is 10.9. The Hall–Kier alpha value is -2.10. The van der Waals surface area contributed by atoms with Gasteiger partial charge < -0.3 is 9.47 Å². The minimum atomic E-state index is -0.452. The highest BCUT2D eigenvalue weighted by Gasteiger charge is 2.46. The normalized spacial score (nSPS) is 15.9. The van der Waals surface area contributed by atoms with Crippen molar-refractivity contribution in [2.75, 3.05) is 14.2 Å². The monoisotopic (exact) mass is 446 g/mol. The second kappa shape index (κ2) is 12.8. The zero-order chi connectivity index (χ0) is 25.2. The van der Waals surface area contributed by atoms with Crippen LogP contribution < -0.4 is 0 Å². The van der Waals surface area contributed by atoms with E-state index in [4.69, 9.17) is 9.47 Å². The third-order valence-corrected chi connectivity index (χ3v) is 6.35. The third-order valence-electron chi connectivity index (χ3n) is 6.35. The molecule has 0 aliphatic carbocycles. The maximum absolute atomic E-state index is 13.0. The maximum atomic E-state index is 13.0. The maximum Gasteiger partial charge on any atom is 0.309 e. The van der Waals surface area contributed by atoms with Gasteiger partial charge in [-0.05, 0) is 41.4 Å². The lowest BCUT2D eigenvalue weighted by Crippen LogP contribution is -2.42. The smallest absolute Gasteiger partial charge is 0.309 e. The second-order valence-electron chi connectivity index (χ2n) is 10.9. The molecular weight excluding hydrogens is 400 g/mol. The first kappa shape index (κ1) is 29.9. The summed E-state index contributed by atoms with van der Waals surface area (Å²) in [6, 6.07) is 0. The van der Waals surface area contributed by atoms with E-state index in [9.17, 15) is 9.59 Å². The van der Waals surface area contributed by atoms with Crippen molar-refractivity contribution in [3.63, 3.8) is 0 Å². The summed E-state index contributed by atoms with van der Waals surface area (Å²) >= 11 is 0.